The van der Waals surface area contributed by atoms with Crippen molar-refractivity contribution in [3.63, 3.8) is 0 Å². The van der Waals surface area contributed by atoms with Gasteiger partial charge in [-0.05, 0) is 60.7 Å². The third-order valence-corrected chi connectivity index (χ3v) is 8.19. The molecule has 0 bridgehead atoms. The van der Waals surface area contributed by atoms with Gasteiger partial charge >= 0.3 is 0 Å². The van der Waals surface area contributed by atoms with Gasteiger partial charge in [0.15, 0.2) is 0 Å². The van der Waals surface area contributed by atoms with E-state index < -0.39 is 0 Å². The monoisotopic (exact) mass is 492 g/mol. The highest BCUT2D eigenvalue weighted by atomic mass is 33.1. The summed E-state index contributed by atoms with van der Waals surface area (Å²) in [5.41, 5.74) is 2.41. The van der Waals surface area contributed by atoms with E-state index in [1.165, 1.54) is 20.9 Å². The number of hydrogen-bond donors (Lipinski definition) is 0. The molecule has 34 heavy (non-hydrogen) atoms. The van der Waals surface area contributed by atoms with Crippen molar-refractivity contribution in [1.29, 1.82) is 0 Å². The predicted octanol–water partition coefficient (Wildman–Crippen LogP) is 6.38. The van der Waals surface area contributed by atoms with Crippen molar-refractivity contribution >= 4 is 21.6 Å². The first kappa shape index (κ1) is 21.7. The summed E-state index contributed by atoms with van der Waals surface area (Å²) in [4.78, 5) is 6.89. The normalized spacial score (nSPS) is 15.9. The van der Waals surface area contributed by atoms with Crippen LogP contribution in [0.4, 0.5) is 0 Å². The Morgan fingerprint density at radius 3 is 1.59 bits per heavy atom. The van der Waals surface area contributed by atoms with E-state index in [0.29, 0.717) is 13.5 Å². The van der Waals surface area contributed by atoms with Gasteiger partial charge in [-0.3, -0.25) is 9.80 Å². The van der Waals surface area contributed by atoms with Crippen LogP contribution in [0.15, 0.2) is 91.8 Å². The van der Waals surface area contributed by atoms with Crippen LogP contribution in [0.5, 0.6) is 11.5 Å². The van der Waals surface area contributed by atoms with Crippen LogP contribution in [0.1, 0.15) is 22.6 Å². The SMILES string of the molecule is c1coc(CN2COc3ccc(SSc4ccc5c(c4)CN(Cc4ccco4)CO5)cc3C2)c1. The number of rotatable bonds is 7. The van der Waals surface area contributed by atoms with Crippen molar-refractivity contribution in [1.82, 2.24) is 9.80 Å². The van der Waals surface area contributed by atoms with E-state index in [1.807, 2.05) is 24.3 Å². The molecular weight excluding hydrogens is 468 g/mol. The second-order valence-corrected chi connectivity index (χ2v) is 10.7. The Balaban J connectivity index is 1.09. The molecule has 174 valence electrons. The number of hydrogen-bond acceptors (Lipinski definition) is 8. The van der Waals surface area contributed by atoms with E-state index in [4.69, 9.17) is 18.3 Å². The first-order valence-corrected chi connectivity index (χ1v) is 13.3. The van der Waals surface area contributed by atoms with Crippen molar-refractivity contribution < 1.29 is 18.3 Å². The smallest absolute Gasteiger partial charge is 0.142 e. The first-order valence-electron chi connectivity index (χ1n) is 11.1. The van der Waals surface area contributed by atoms with Crippen LogP contribution in [0.2, 0.25) is 0 Å². The predicted molar refractivity (Wildman–Crippen MR) is 131 cm³/mol. The summed E-state index contributed by atoms with van der Waals surface area (Å²) in [6.45, 7) is 4.32. The lowest BCUT2D eigenvalue weighted by Gasteiger charge is -2.28. The fourth-order valence-corrected chi connectivity index (χ4v) is 6.20. The first-order chi connectivity index (χ1) is 16.8. The average Bonchev–Trinajstić information content (AvgIpc) is 3.57. The third kappa shape index (κ3) is 5.00. The fraction of sp³-hybridized carbons (Fsp3) is 0.231. The maximum atomic E-state index is 5.96. The van der Waals surface area contributed by atoms with Crippen LogP contribution in [0.3, 0.4) is 0 Å². The molecule has 0 fully saturated rings. The van der Waals surface area contributed by atoms with Gasteiger partial charge in [-0.25, -0.2) is 0 Å². The van der Waals surface area contributed by atoms with Gasteiger partial charge in [0, 0.05) is 34.0 Å². The van der Waals surface area contributed by atoms with Gasteiger partial charge in [0.05, 0.1) is 25.6 Å². The molecule has 2 aromatic carbocycles. The minimum absolute atomic E-state index is 0.572. The summed E-state index contributed by atoms with van der Waals surface area (Å²) in [6, 6.07) is 20.7. The van der Waals surface area contributed by atoms with Crippen LogP contribution in [-0.4, -0.2) is 23.3 Å². The molecule has 8 heteroatoms. The summed E-state index contributed by atoms with van der Waals surface area (Å²) >= 11 is 0. The highest BCUT2D eigenvalue weighted by molar-refractivity contribution is 8.76. The van der Waals surface area contributed by atoms with E-state index in [-0.39, 0.29) is 0 Å². The van der Waals surface area contributed by atoms with Crippen LogP contribution >= 0.6 is 21.6 Å². The maximum absolute atomic E-state index is 5.96. The Kier molecular flexibility index (Phi) is 6.29. The Labute approximate surface area is 206 Å². The molecule has 0 spiro atoms. The molecular formula is C26H24N2O4S2. The van der Waals surface area contributed by atoms with Crippen LogP contribution in [-0.2, 0) is 26.2 Å². The second kappa shape index (κ2) is 9.84. The standard InChI is InChI=1S/C26H24N2O4S2/c1-3-21(29-9-1)15-27-13-19-11-23(5-7-25(19)31-17-27)33-34-24-6-8-26-20(12-24)14-28(18-32-26)16-22-4-2-10-30-22/h1-12H,13-18H2. The summed E-state index contributed by atoms with van der Waals surface area (Å²) in [5, 5.41) is 0. The molecule has 4 aromatic rings. The van der Waals surface area contributed by atoms with Gasteiger partial charge in [0.25, 0.3) is 0 Å². The fourth-order valence-electron chi connectivity index (χ4n) is 4.18. The lowest BCUT2D eigenvalue weighted by molar-refractivity contribution is 0.0821. The lowest BCUT2D eigenvalue weighted by Crippen LogP contribution is -2.31. The minimum atomic E-state index is 0.572. The molecule has 0 atom stereocenters. The van der Waals surface area contributed by atoms with Crippen LogP contribution < -0.4 is 9.47 Å². The maximum Gasteiger partial charge on any atom is 0.142 e. The number of furan rings is 2. The van der Waals surface area contributed by atoms with Crippen molar-refractivity contribution in [2.45, 2.75) is 36.0 Å². The lowest BCUT2D eigenvalue weighted by atomic mass is 10.1. The summed E-state index contributed by atoms with van der Waals surface area (Å²) in [6.07, 6.45) is 3.42. The summed E-state index contributed by atoms with van der Waals surface area (Å²) < 4.78 is 22.9. The largest absolute Gasteiger partial charge is 0.478 e. The molecule has 0 radical (unpaired) electrons. The van der Waals surface area contributed by atoms with E-state index in [0.717, 1.165) is 49.2 Å². The molecule has 0 aliphatic carbocycles. The van der Waals surface area contributed by atoms with E-state index >= 15 is 0 Å². The summed E-state index contributed by atoms with van der Waals surface area (Å²) in [7, 11) is 3.53. The van der Waals surface area contributed by atoms with Crippen molar-refractivity contribution in [2.24, 2.45) is 0 Å². The van der Waals surface area contributed by atoms with Gasteiger partial charge in [-0.1, -0.05) is 21.6 Å². The summed E-state index contributed by atoms with van der Waals surface area (Å²) in [5.74, 6) is 3.83. The number of fused-ring (bicyclic) bond motifs is 2. The number of nitrogens with zero attached hydrogens (tertiary/aromatic N) is 2. The molecule has 2 aliphatic heterocycles. The molecule has 0 N–H and O–H groups in total. The Morgan fingerprint density at radius 2 is 1.15 bits per heavy atom. The number of benzene rings is 2. The van der Waals surface area contributed by atoms with Gasteiger partial charge in [0.1, 0.15) is 36.5 Å². The van der Waals surface area contributed by atoms with E-state index in [9.17, 15) is 0 Å². The zero-order chi connectivity index (χ0) is 22.7. The highest BCUT2D eigenvalue weighted by Crippen LogP contribution is 2.41. The van der Waals surface area contributed by atoms with Gasteiger partial charge < -0.3 is 18.3 Å². The van der Waals surface area contributed by atoms with Crippen molar-refractivity contribution in [2.75, 3.05) is 13.5 Å². The second-order valence-electron chi connectivity index (χ2n) is 8.39. The van der Waals surface area contributed by atoms with Crippen LogP contribution in [0.25, 0.3) is 0 Å². The van der Waals surface area contributed by atoms with Gasteiger partial charge in [-0.15, -0.1) is 0 Å². The zero-order valence-electron chi connectivity index (χ0n) is 18.5. The van der Waals surface area contributed by atoms with Gasteiger partial charge in [0.2, 0.25) is 0 Å². The highest BCUT2D eigenvalue weighted by Gasteiger charge is 2.20. The topological polar surface area (TPSA) is 51.2 Å². The van der Waals surface area contributed by atoms with E-state index in [2.05, 4.69) is 46.2 Å². The molecule has 4 heterocycles. The Bertz CT molecular complexity index is 1150. The Morgan fingerprint density at radius 1 is 0.647 bits per heavy atom. The quantitative estimate of drug-likeness (QED) is 0.276. The third-order valence-electron chi connectivity index (χ3n) is 5.81. The van der Waals surface area contributed by atoms with Crippen molar-refractivity contribution in [3.8, 4) is 11.5 Å². The molecule has 0 amide bonds. The molecule has 6 rings (SSSR count). The molecule has 0 saturated carbocycles. The number of ether oxygens (including phenoxy) is 2. The Hall–Kier alpha value is -2.78. The molecule has 2 aliphatic rings. The minimum Gasteiger partial charge on any atom is -0.478 e. The van der Waals surface area contributed by atoms with Gasteiger partial charge in [-0.2, -0.15) is 0 Å². The van der Waals surface area contributed by atoms with Crippen molar-refractivity contribution in [3.05, 3.63) is 95.8 Å². The zero-order valence-corrected chi connectivity index (χ0v) is 20.1. The molecule has 2 aromatic heterocycles. The molecule has 6 nitrogen and oxygen atoms in total. The molecule has 0 saturated heterocycles. The molecule has 0 unspecified atom stereocenters. The van der Waals surface area contributed by atoms with Crippen LogP contribution in [0, 0.1) is 0 Å². The average molecular weight is 493 g/mol. The van der Waals surface area contributed by atoms with E-state index in [1.54, 1.807) is 34.1 Å².